The minimum Gasteiger partial charge on any atom is -0.504 e. The molecule has 1 unspecified atom stereocenters. The Bertz CT molecular complexity index is 350. The van der Waals surface area contributed by atoms with Crippen molar-refractivity contribution in [3.63, 3.8) is 0 Å². The molecule has 1 heterocycles. The predicted molar refractivity (Wildman–Crippen MR) is 57.7 cm³/mol. The van der Waals surface area contributed by atoms with Crippen molar-refractivity contribution in [1.29, 1.82) is 0 Å². The van der Waals surface area contributed by atoms with Crippen LogP contribution in [0, 0.1) is 0 Å². The first kappa shape index (κ1) is 9.80. The number of halogens is 1. The zero-order chi connectivity index (χ0) is 10.1. The van der Waals surface area contributed by atoms with E-state index in [9.17, 15) is 5.11 Å². The summed E-state index contributed by atoms with van der Waals surface area (Å²) in [6, 6.07) is 3.93. The number of nitrogens with one attached hydrogen (secondary N) is 1. The van der Waals surface area contributed by atoms with E-state index in [-0.39, 0.29) is 5.75 Å². The van der Waals surface area contributed by atoms with Crippen molar-refractivity contribution in [1.82, 2.24) is 5.32 Å². The van der Waals surface area contributed by atoms with Crippen LogP contribution in [0.3, 0.4) is 0 Å². The highest BCUT2D eigenvalue weighted by atomic mass is 79.9. The zero-order valence-electron chi connectivity index (χ0n) is 7.88. The molecular formula is C10H12BrNO2. The second-order valence-electron chi connectivity index (χ2n) is 3.34. The van der Waals surface area contributed by atoms with Crippen molar-refractivity contribution in [2.45, 2.75) is 12.5 Å². The molecule has 14 heavy (non-hydrogen) atoms. The first-order valence-electron chi connectivity index (χ1n) is 4.52. The van der Waals surface area contributed by atoms with E-state index < -0.39 is 0 Å². The fourth-order valence-corrected chi connectivity index (χ4v) is 2.15. The Balaban J connectivity index is 2.38. The topological polar surface area (TPSA) is 41.5 Å². The Morgan fingerprint density at radius 1 is 1.57 bits per heavy atom. The van der Waals surface area contributed by atoms with E-state index in [1.165, 1.54) is 0 Å². The van der Waals surface area contributed by atoms with Crippen molar-refractivity contribution in [2.75, 3.05) is 13.7 Å². The molecule has 1 aliphatic rings. The molecule has 76 valence electrons. The van der Waals surface area contributed by atoms with Crippen LogP contribution in [0.15, 0.2) is 16.6 Å². The fraction of sp³-hybridized carbons (Fsp3) is 0.400. The van der Waals surface area contributed by atoms with Crippen LogP contribution in [-0.2, 0) is 0 Å². The van der Waals surface area contributed by atoms with Crippen LogP contribution in [0.25, 0.3) is 0 Å². The summed E-state index contributed by atoms with van der Waals surface area (Å²) in [7, 11) is 1.56. The highest BCUT2D eigenvalue weighted by Gasteiger charge is 2.22. The van der Waals surface area contributed by atoms with Gasteiger partial charge in [0.25, 0.3) is 0 Å². The summed E-state index contributed by atoms with van der Waals surface area (Å²) in [6.45, 7) is 1.06. The third-order valence-corrected chi connectivity index (χ3v) is 3.18. The predicted octanol–water partition coefficient (Wildman–Crippen LogP) is 2.20. The van der Waals surface area contributed by atoms with Gasteiger partial charge in [-0.25, -0.2) is 0 Å². The standard InChI is InChI=1S/C10H12BrNO2/c1-14-10-4-6(8-2-3-12-8)7(11)5-9(10)13/h4-5,8,12-13H,2-3H2,1H3. The Labute approximate surface area is 91.2 Å². The highest BCUT2D eigenvalue weighted by molar-refractivity contribution is 9.10. The minimum absolute atomic E-state index is 0.169. The van der Waals surface area contributed by atoms with Crippen LogP contribution in [0.4, 0.5) is 0 Å². The minimum atomic E-state index is 0.169. The van der Waals surface area contributed by atoms with Gasteiger partial charge in [0.2, 0.25) is 0 Å². The van der Waals surface area contributed by atoms with Crippen molar-refractivity contribution >= 4 is 15.9 Å². The van der Waals surface area contributed by atoms with Gasteiger partial charge in [-0.2, -0.15) is 0 Å². The number of phenols is 1. The van der Waals surface area contributed by atoms with Crippen molar-refractivity contribution in [3.8, 4) is 11.5 Å². The van der Waals surface area contributed by atoms with Gasteiger partial charge >= 0.3 is 0 Å². The molecule has 0 spiro atoms. The smallest absolute Gasteiger partial charge is 0.160 e. The van der Waals surface area contributed by atoms with E-state index in [0.29, 0.717) is 11.8 Å². The van der Waals surface area contributed by atoms with Gasteiger partial charge in [-0.15, -0.1) is 0 Å². The van der Waals surface area contributed by atoms with E-state index in [1.54, 1.807) is 13.2 Å². The van der Waals surface area contributed by atoms with Gasteiger partial charge in [-0.3, -0.25) is 0 Å². The highest BCUT2D eigenvalue weighted by Crippen LogP contribution is 2.37. The zero-order valence-corrected chi connectivity index (χ0v) is 9.47. The molecule has 1 atom stereocenters. The lowest BCUT2D eigenvalue weighted by molar-refractivity contribution is 0.361. The van der Waals surface area contributed by atoms with E-state index >= 15 is 0 Å². The normalized spacial score (nSPS) is 20.3. The lowest BCUT2D eigenvalue weighted by Crippen LogP contribution is -2.35. The molecule has 0 aliphatic carbocycles. The van der Waals surface area contributed by atoms with Gasteiger partial charge in [0.05, 0.1) is 7.11 Å². The molecular weight excluding hydrogens is 246 g/mol. The van der Waals surface area contributed by atoms with Gasteiger partial charge < -0.3 is 15.2 Å². The Kier molecular flexibility index (Phi) is 2.65. The summed E-state index contributed by atoms with van der Waals surface area (Å²) in [5, 5.41) is 12.8. The lowest BCUT2D eigenvalue weighted by atomic mass is 9.98. The summed E-state index contributed by atoms with van der Waals surface area (Å²) < 4.78 is 5.98. The maximum Gasteiger partial charge on any atom is 0.160 e. The van der Waals surface area contributed by atoms with Gasteiger partial charge in [0.1, 0.15) is 0 Å². The fourth-order valence-electron chi connectivity index (χ4n) is 1.54. The van der Waals surface area contributed by atoms with Gasteiger partial charge in [0, 0.05) is 10.5 Å². The number of rotatable bonds is 2. The van der Waals surface area contributed by atoms with Crippen LogP contribution in [0.5, 0.6) is 11.5 Å². The maximum atomic E-state index is 9.51. The maximum absolute atomic E-state index is 9.51. The largest absolute Gasteiger partial charge is 0.504 e. The second kappa shape index (κ2) is 3.79. The summed E-state index contributed by atoms with van der Waals surface area (Å²) in [5.74, 6) is 0.694. The summed E-state index contributed by atoms with van der Waals surface area (Å²) in [4.78, 5) is 0. The van der Waals surface area contributed by atoms with Gasteiger partial charge in [0.15, 0.2) is 11.5 Å². The van der Waals surface area contributed by atoms with E-state index in [1.807, 2.05) is 6.07 Å². The number of ether oxygens (including phenoxy) is 1. The monoisotopic (exact) mass is 257 g/mol. The van der Waals surface area contributed by atoms with E-state index in [2.05, 4.69) is 21.2 Å². The second-order valence-corrected chi connectivity index (χ2v) is 4.20. The molecule has 0 amide bonds. The third-order valence-electron chi connectivity index (χ3n) is 2.50. The van der Waals surface area contributed by atoms with Crippen LogP contribution in [0.2, 0.25) is 0 Å². The number of benzene rings is 1. The van der Waals surface area contributed by atoms with Crippen molar-refractivity contribution < 1.29 is 9.84 Å². The van der Waals surface area contributed by atoms with Crippen LogP contribution < -0.4 is 10.1 Å². The summed E-state index contributed by atoms with van der Waals surface area (Å²) in [6.07, 6.45) is 1.13. The lowest BCUT2D eigenvalue weighted by Gasteiger charge is -2.29. The van der Waals surface area contributed by atoms with E-state index in [0.717, 1.165) is 23.0 Å². The quantitative estimate of drug-likeness (QED) is 0.854. The average molecular weight is 258 g/mol. The summed E-state index contributed by atoms with van der Waals surface area (Å²) >= 11 is 3.43. The molecule has 1 aliphatic heterocycles. The van der Waals surface area contributed by atoms with Gasteiger partial charge in [-0.05, 0) is 30.7 Å². The van der Waals surface area contributed by atoms with Gasteiger partial charge in [-0.1, -0.05) is 15.9 Å². The molecule has 4 heteroatoms. The molecule has 2 rings (SSSR count). The van der Waals surface area contributed by atoms with Crippen LogP contribution in [-0.4, -0.2) is 18.8 Å². The SMILES string of the molecule is COc1cc(C2CCN2)c(Br)cc1O. The van der Waals surface area contributed by atoms with Crippen molar-refractivity contribution in [3.05, 3.63) is 22.2 Å². The molecule has 1 aromatic rings. The molecule has 2 N–H and O–H groups in total. The molecule has 1 saturated heterocycles. The van der Waals surface area contributed by atoms with E-state index in [4.69, 9.17) is 4.74 Å². The first-order valence-corrected chi connectivity index (χ1v) is 5.31. The number of hydrogen-bond acceptors (Lipinski definition) is 3. The Morgan fingerprint density at radius 2 is 2.29 bits per heavy atom. The molecule has 1 aromatic carbocycles. The molecule has 0 aromatic heterocycles. The van der Waals surface area contributed by atoms with Crippen LogP contribution in [0.1, 0.15) is 18.0 Å². The number of methoxy groups -OCH3 is 1. The Morgan fingerprint density at radius 3 is 2.79 bits per heavy atom. The number of hydrogen-bond donors (Lipinski definition) is 2. The Hall–Kier alpha value is -0.740. The third kappa shape index (κ3) is 1.60. The molecule has 0 bridgehead atoms. The molecule has 3 nitrogen and oxygen atoms in total. The number of phenolic OH excluding ortho intramolecular Hbond substituents is 1. The molecule has 0 saturated carbocycles. The average Bonchev–Trinajstić information content (AvgIpc) is 2.06. The van der Waals surface area contributed by atoms with Crippen LogP contribution >= 0.6 is 15.9 Å². The van der Waals surface area contributed by atoms with Crippen molar-refractivity contribution in [2.24, 2.45) is 0 Å². The number of aromatic hydroxyl groups is 1. The molecule has 1 fully saturated rings. The first-order chi connectivity index (χ1) is 6.72. The molecule has 0 radical (unpaired) electrons. The summed E-state index contributed by atoms with van der Waals surface area (Å²) in [5.41, 5.74) is 1.14.